The maximum absolute atomic E-state index is 4.73. The molecule has 2 aromatic heterocycles. The van der Waals surface area contributed by atoms with Crippen LogP contribution in [0.5, 0.6) is 0 Å². The lowest BCUT2D eigenvalue weighted by Gasteiger charge is -2.21. The van der Waals surface area contributed by atoms with Crippen molar-refractivity contribution in [2.24, 2.45) is 0 Å². The molecule has 1 atom stereocenters. The summed E-state index contributed by atoms with van der Waals surface area (Å²) in [6.07, 6.45) is 6.82. The monoisotopic (exact) mass is 384 g/mol. The number of nitrogens with one attached hydrogen (secondary N) is 3. The third-order valence-corrected chi connectivity index (χ3v) is 4.45. The first-order chi connectivity index (χ1) is 13.6. The molecule has 0 spiro atoms. The zero-order valence-electron chi connectivity index (χ0n) is 17.4. The molecular weight excluding hydrogens is 352 g/mol. The number of hydrogen-bond acceptors (Lipinski definition) is 8. The van der Waals surface area contributed by atoms with E-state index in [4.69, 9.17) is 9.97 Å². The van der Waals surface area contributed by atoms with Gasteiger partial charge in [-0.3, -0.25) is 0 Å². The van der Waals surface area contributed by atoms with Crippen molar-refractivity contribution in [3.05, 3.63) is 25.3 Å². The fourth-order valence-corrected chi connectivity index (χ4v) is 3.02. The van der Waals surface area contributed by atoms with Gasteiger partial charge in [0.25, 0.3) is 0 Å². The van der Waals surface area contributed by atoms with E-state index >= 15 is 0 Å². The summed E-state index contributed by atoms with van der Waals surface area (Å²) in [5.41, 5.74) is 1.35. The molecule has 0 saturated carbocycles. The highest BCUT2D eigenvalue weighted by Crippen LogP contribution is 2.28. The van der Waals surface area contributed by atoms with E-state index in [0.29, 0.717) is 53.7 Å². The summed E-state index contributed by atoms with van der Waals surface area (Å²) in [6, 6.07) is 0.334. The molecule has 1 unspecified atom stereocenters. The van der Waals surface area contributed by atoms with Crippen LogP contribution in [0.2, 0.25) is 0 Å². The van der Waals surface area contributed by atoms with E-state index in [2.05, 4.69) is 52.9 Å². The molecule has 0 aromatic carbocycles. The summed E-state index contributed by atoms with van der Waals surface area (Å²) < 4.78 is 0. The van der Waals surface area contributed by atoms with E-state index in [-0.39, 0.29) is 0 Å². The van der Waals surface area contributed by atoms with Crippen LogP contribution in [-0.2, 0) is 0 Å². The average Bonchev–Trinajstić information content (AvgIpc) is 2.71. The van der Waals surface area contributed by atoms with E-state index in [0.717, 1.165) is 19.3 Å². The van der Waals surface area contributed by atoms with Crippen molar-refractivity contribution >= 4 is 34.6 Å². The van der Waals surface area contributed by atoms with Gasteiger partial charge in [0.05, 0.1) is 0 Å². The molecule has 8 nitrogen and oxygen atoms in total. The third-order valence-electron chi connectivity index (χ3n) is 4.45. The molecule has 3 N–H and O–H groups in total. The molecule has 2 heterocycles. The van der Waals surface area contributed by atoms with Crippen LogP contribution in [-0.4, -0.2) is 53.2 Å². The smallest absolute Gasteiger partial charge is 0.228 e. The fraction of sp³-hybridized carbons (Fsp3) is 0.500. The molecule has 0 aliphatic rings. The molecule has 152 valence electrons. The molecule has 0 bridgehead atoms. The van der Waals surface area contributed by atoms with Crippen molar-refractivity contribution in [1.29, 1.82) is 0 Å². The standard InChI is InChI=1S/C20H32N8/c1-7-11-14(10-4)23-19-24-15-16(17(21-5)26-19)25-20(27-18(15)22-6)28(12-8-2)13-9-3/h8-9,14H,2-3,7,10-13H2,1,4-6H3,(H,22,25,27)(H2,21,23,24,26). The van der Waals surface area contributed by atoms with Crippen LogP contribution in [0.15, 0.2) is 25.3 Å². The molecule has 8 heteroatoms. The predicted molar refractivity (Wildman–Crippen MR) is 119 cm³/mol. The third kappa shape index (κ3) is 4.88. The largest absolute Gasteiger partial charge is 0.371 e. The molecule has 0 aliphatic carbocycles. The van der Waals surface area contributed by atoms with Gasteiger partial charge < -0.3 is 20.9 Å². The van der Waals surface area contributed by atoms with Crippen LogP contribution < -0.4 is 20.9 Å². The van der Waals surface area contributed by atoms with Crippen LogP contribution in [0, 0.1) is 0 Å². The summed E-state index contributed by atoms with van der Waals surface area (Å²) >= 11 is 0. The second-order valence-electron chi connectivity index (χ2n) is 6.49. The van der Waals surface area contributed by atoms with Gasteiger partial charge in [-0.1, -0.05) is 32.4 Å². The van der Waals surface area contributed by atoms with Crippen LogP contribution in [0.25, 0.3) is 11.0 Å². The lowest BCUT2D eigenvalue weighted by Crippen LogP contribution is -2.26. The molecule has 2 aromatic rings. The highest BCUT2D eigenvalue weighted by Gasteiger charge is 2.18. The van der Waals surface area contributed by atoms with Crippen molar-refractivity contribution < 1.29 is 0 Å². The number of fused-ring (bicyclic) bond motifs is 1. The Morgan fingerprint density at radius 2 is 1.54 bits per heavy atom. The average molecular weight is 385 g/mol. The summed E-state index contributed by atoms with van der Waals surface area (Å²) in [4.78, 5) is 20.7. The van der Waals surface area contributed by atoms with Gasteiger partial charge in [-0.05, 0) is 12.8 Å². The Labute approximate surface area is 167 Å². The first kappa shape index (κ1) is 21.4. The van der Waals surface area contributed by atoms with Gasteiger partial charge in [0, 0.05) is 33.2 Å². The molecule has 28 heavy (non-hydrogen) atoms. The summed E-state index contributed by atoms with van der Waals surface area (Å²) in [6.45, 7) is 13.2. The Bertz CT molecular complexity index is 794. The van der Waals surface area contributed by atoms with Gasteiger partial charge in [-0.25, -0.2) is 9.97 Å². The minimum Gasteiger partial charge on any atom is -0.371 e. The van der Waals surface area contributed by atoms with E-state index in [9.17, 15) is 0 Å². The Hall–Kier alpha value is -2.90. The number of hydrogen-bond donors (Lipinski definition) is 3. The van der Waals surface area contributed by atoms with Gasteiger partial charge in [0.1, 0.15) is 11.0 Å². The van der Waals surface area contributed by atoms with Gasteiger partial charge >= 0.3 is 0 Å². The Balaban J connectivity index is 2.57. The number of rotatable bonds is 12. The SMILES string of the molecule is C=CCN(CC=C)c1nc(NC)c2nc(NC(CC)CCC)nc(NC)c2n1. The highest BCUT2D eigenvalue weighted by atomic mass is 15.3. The highest BCUT2D eigenvalue weighted by molar-refractivity contribution is 5.94. The second-order valence-corrected chi connectivity index (χ2v) is 6.49. The van der Waals surface area contributed by atoms with E-state index in [1.54, 1.807) is 0 Å². The van der Waals surface area contributed by atoms with Crippen LogP contribution in [0.4, 0.5) is 23.5 Å². The van der Waals surface area contributed by atoms with Crippen molar-refractivity contribution in [2.45, 2.75) is 39.2 Å². The number of anilines is 4. The quantitative estimate of drug-likeness (QED) is 0.478. The van der Waals surface area contributed by atoms with Gasteiger partial charge in [-0.15, -0.1) is 13.2 Å². The van der Waals surface area contributed by atoms with Crippen molar-refractivity contribution in [1.82, 2.24) is 19.9 Å². The van der Waals surface area contributed by atoms with Gasteiger partial charge in [0.2, 0.25) is 11.9 Å². The van der Waals surface area contributed by atoms with Crippen LogP contribution in [0.1, 0.15) is 33.1 Å². The van der Waals surface area contributed by atoms with Crippen LogP contribution >= 0.6 is 0 Å². The van der Waals surface area contributed by atoms with E-state index in [1.165, 1.54) is 0 Å². The normalized spacial score (nSPS) is 11.7. The number of aromatic nitrogens is 4. The first-order valence-electron chi connectivity index (χ1n) is 9.80. The van der Waals surface area contributed by atoms with Crippen molar-refractivity contribution in [2.75, 3.05) is 48.0 Å². The first-order valence-corrected chi connectivity index (χ1v) is 9.80. The molecule has 0 radical (unpaired) electrons. The lowest BCUT2D eigenvalue weighted by molar-refractivity contribution is 0.618. The van der Waals surface area contributed by atoms with Crippen molar-refractivity contribution in [3.63, 3.8) is 0 Å². The Kier molecular flexibility index (Phi) is 7.98. The summed E-state index contributed by atoms with van der Waals surface area (Å²) in [5.74, 6) is 2.48. The Morgan fingerprint density at radius 1 is 0.929 bits per heavy atom. The molecule has 0 fully saturated rings. The lowest BCUT2D eigenvalue weighted by atomic mass is 10.1. The molecule has 0 saturated heterocycles. The zero-order valence-corrected chi connectivity index (χ0v) is 17.4. The van der Waals surface area contributed by atoms with E-state index < -0.39 is 0 Å². The van der Waals surface area contributed by atoms with Crippen molar-refractivity contribution in [3.8, 4) is 0 Å². The molecule has 0 amide bonds. The minimum atomic E-state index is 0.334. The molecule has 0 aliphatic heterocycles. The molecule has 2 rings (SSSR count). The van der Waals surface area contributed by atoms with Crippen LogP contribution in [0.3, 0.4) is 0 Å². The number of nitrogens with zero attached hydrogens (tertiary/aromatic N) is 5. The second kappa shape index (κ2) is 10.4. The molecular formula is C20H32N8. The topological polar surface area (TPSA) is 90.9 Å². The minimum absolute atomic E-state index is 0.334. The summed E-state index contributed by atoms with van der Waals surface area (Å²) in [5, 5.41) is 9.74. The summed E-state index contributed by atoms with van der Waals surface area (Å²) in [7, 11) is 3.66. The predicted octanol–water partition coefficient (Wildman–Crippen LogP) is 3.67. The maximum atomic E-state index is 4.73. The maximum Gasteiger partial charge on any atom is 0.228 e. The Morgan fingerprint density at radius 3 is 2.07 bits per heavy atom. The van der Waals surface area contributed by atoms with E-state index in [1.807, 2.05) is 31.1 Å². The van der Waals surface area contributed by atoms with Gasteiger partial charge in [0.15, 0.2) is 11.6 Å². The fourth-order valence-electron chi connectivity index (χ4n) is 3.02. The van der Waals surface area contributed by atoms with Gasteiger partial charge in [-0.2, -0.15) is 9.97 Å². The zero-order chi connectivity index (χ0) is 20.5.